The molecule has 84 valence electrons. The van der Waals surface area contributed by atoms with Crippen LogP contribution in [0, 0.1) is 6.92 Å². The van der Waals surface area contributed by atoms with Gasteiger partial charge in [0.1, 0.15) is 4.87 Å². The van der Waals surface area contributed by atoms with E-state index in [2.05, 4.69) is 0 Å². The SMILES string of the molecule is Cc1cc(S(=O)(=O)C(C)(C)N)ccc1Cl. The quantitative estimate of drug-likeness (QED) is 0.871. The maximum absolute atomic E-state index is 11.9. The minimum Gasteiger partial charge on any atom is -0.313 e. The number of rotatable bonds is 2. The zero-order chi connectivity index (χ0) is 11.9. The van der Waals surface area contributed by atoms with Crippen LogP contribution in [0.5, 0.6) is 0 Å². The van der Waals surface area contributed by atoms with Crippen molar-refractivity contribution in [1.29, 1.82) is 0 Å². The van der Waals surface area contributed by atoms with E-state index >= 15 is 0 Å². The van der Waals surface area contributed by atoms with Crippen LogP contribution in [0.4, 0.5) is 0 Å². The van der Waals surface area contributed by atoms with Gasteiger partial charge in [-0.2, -0.15) is 0 Å². The summed E-state index contributed by atoms with van der Waals surface area (Å²) in [4.78, 5) is -1.08. The van der Waals surface area contributed by atoms with Gasteiger partial charge in [0.05, 0.1) is 4.90 Å². The van der Waals surface area contributed by atoms with Gasteiger partial charge in [-0.3, -0.25) is 0 Å². The number of hydrogen-bond donors (Lipinski definition) is 1. The Balaban J connectivity index is 3.36. The molecule has 0 bridgehead atoms. The smallest absolute Gasteiger partial charge is 0.196 e. The average Bonchev–Trinajstić information content (AvgIpc) is 2.07. The van der Waals surface area contributed by atoms with Gasteiger partial charge in [0.15, 0.2) is 9.84 Å². The molecule has 5 heteroatoms. The Morgan fingerprint density at radius 2 is 1.87 bits per heavy atom. The Hall–Kier alpha value is -0.580. The Labute approximate surface area is 95.2 Å². The third kappa shape index (κ3) is 2.33. The van der Waals surface area contributed by atoms with Gasteiger partial charge in [0.25, 0.3) is 0 Å². The fourth-order valence-electron chi connectivity index (χ4n) is 1.09. The molecule has 0 fully saturated rings. The van der Waals surface area contributed by atoms with E-state index in [1.54, 1.807) is 13.0 Å². The average molecular weight is 248 g/mol. The molecule has 0 amide bonds. The zero-order valence-corrected chi connectivity index (χ0v) is 10.5. The van der Waals surface area contributed by atoms with Crippen LogP contribution in [-0.2, 0) is 9.84 Å². The number of benzene rings is 1. The second-order valence-corrected chi connectivity index (χ2v) is 6.96. The molecule has 0 saturated carbocycles. The number of nitrogens with two attached hydrogens (primary N) is 1. The summed E-state index contributed by atoms with van der Waals surface area (Å²) >= 11 is 5.82. The Kier molecular flexibility index (Phi) is 3.14. The van der Waals surface area contributed by atoms with E-state index < -0.39 is 14.7 Å². The predicted molar refractivity (Wildman–Crippen MR) is 61.6 cm³/mol. The van der Waals surface area contributed by atoms with Crippen molar-refractivity contribution in [3.05, 3.63) is 28.8 Å². The van der Waals surface area contributed by atoms with E-state index in [1.165, 1.54) is 26.0 Å². The van der Waals surface area contributed by atoms with Crippen molar-refractivity contribution in [3.8, 4) is 0 Å². The number of aryl methyl sites for hydroxylation is 1. The van der Waals surface area contributed by atoms with Gasteiger partial charge in [0.2, 0.25) is 0 Å². The topological polar surface area (TPSA) is 60.2 Å². The summed E-state index contributed by atoms with van der Waals surface area (Å²) in [5.41, 5.74) is 6.34. The molecule has 1 aromatic carbocycles. The maximum atomic E-state index is 11.9. The van der Waals surface area contributed by atoms with Crippen LogP contribution in [0.25, 0.3) is 0 Å². The van der Waals surface area contributed by atoms with Gasteiger partial charge in [-0.25, -0.2) is 8.42 Å². The molecule has 0 aromatic heterocycles. The van der Waals surface area contributed by atoms with Crippen molar-refractivity contribution >= 4 is 21.4 Å². The fraction of sp³-hybridized carbons (Fsp3) is 0.400. The van der Waals surface area contributed by atoms with Crippen LogP contribution >= 0.6 is 11.6 Å². The van der Waals surface area contributed by atoms with Gasteiger partial charge >= 0.3 is 0 Å². The summed E-state index contributed by atoms with van der Waals surface area (Å²) < 4.78 is 23.9. The van der Waals surface area contributed by atoms with Crippen LogP contribution in [-0.4, -0.2) is 13.3 Å². The largest absolute Gasteiger partial charge is 0.313 e. The second kappa shape index (κ2) is 3.77. The number of sulfone groups is 1. The number of halogens is 1. The van der Waals surface area contributed by atoms with Crippen molar-refractivity contribution < 1.29 is 8.42 Å². The summed E-state index contributed by atoms with van der Waals surface area (Å²) in [5, 5.41) is 0.545. The molecule has 0 aliphatic rings. The van der Waals surface area contributed by atoms with E-state index in [-0.39, 0.29) is 4.90 Å². The third-order valence-electron chi connectivity index (χ3n) is 2.13. The second-order valence-electron chi connectivity index (χ2n) is 4.02. The summed E-state index contributed by atoms with van der Waals surface area (Å²) in [7, 11) is -3.50. The Morgan fingerprint density at radius 1 is 1.33 bits per heavy atom. The van der Waals surface area contributed by atoms with Crippen molar-refractivity contribution in [2.75, 3.05) is 0 Å². The van der Waals surface area contributed by atoms with Gasteiger partial charge in [-0.1, -0.05) is 11.6 Å². The minimum atomic E-state index is -3.50. The molecule has 0 atom stereocenters. The molecule has 0 radical (unpaired) electrons. The Morgan fingerprint density at radius 3 is 2.27 bits per heavy atom. The first-order valence-electron chi connectivity index (χ1n) is 4.46. The van der Waals surface area contributed by atoms with E-state index in [0.29, 0.717) is 5.02 Å². The summed E-state index contributed by atoms with van der Waals surface area (Å²) in [6, 6.07) is 4.57. The molecule has 0 aliphatic heterocycles. The highest BCUT2D eigenvalue weighted by Crippen LogP contribution is 2.24. The summed E-state index contributed by atoms with van der Waals surface area (Å²) in [5.74, 6) is 0. The normalized spacial score (nSPS) is 12.9. The third-order valence-corrected chi connectivity index (χ3v) is 4.82. The maximum Gasteiger partial charge on any atom is 0.196 e. The lowest BCUT2D eigenvalue weighted by Crippen LogP contribution is -2.41. The zero-order valence-electron chi connectivity index (χ0n) is 8.91. The monoisotopic (exact) mass is 247 g/mol. The molecule has 15 heavy (non-hydrogen) atoms. The molecule has 0 saturated heterocycles. The van der Waals surface area contributed by atoms with Crippen molar-refractivity contribution in [1.82, 2.24) is 0 Å². The van der Waals surface area contributed by atoms with Crippen LogP contribution < -0.4 is 5.73 Å². The summed E-state index contributed by atoms with van der Waals surface area (Å²) in [6.45, 7) is 4.68. The van der Waals surface area contributed by atoms with Crippen molar-refractivity contribution in [2.24, 2.45) is 5.73 Å². The molecular weight excluding hydrogens is 234 g/mol. The molecule has 0 unspecified atom stereocenters. The lowest BCUT2D eigenvalue weighted by atomic mass is 10.2. The Bertz CT molecular complexity index is 475. The predicted octanol–water partition coefficient (Wildman–Crippen LogP) is 2.12. The minimum absolute atomic E-state index is 0.205. The lowest BCUT2D eigenvalue weighted by molar-refractivity contribution is 0.552. The number of hydrogen-bond acceptors (Lipinski definition) is 3. The highest BCUT2D eigenvalue weighted by atomic mass is 35.5. The van der Waals surface area contributed by atoms with E-state index in [0.717, 1.165) is 5.56 Å². The molecule has 0 heterocycles. The first-order valence-corrected chi connectivity index (χ1v) is 6.32. The van der Waals surface area contributed by atoms with Crippen LogP contribution in [0.15, 0.2) is 23.1 Å². The highest BCUT2D eigenvalue weighted by molar-refractivity contribution is 7.92. The molecule has 3 nitrogen and oxygen atoms in total. The first-order chi connectivity index (χ1) is 6.66. The molecule has 1 rings (SSSR count). The van der Waals surface area contributed by atoms with Gasteiger partial charge < -0.3 is 5.73 Å². The van der Waals surface area contributed by atoms with E-state index in [1.807, 2.05) is 0 Å². The highest BCUT2D eigenvalue weighted by Gasteiger charge is 2.31. The first kappa shape index (κ1) is 12.5. The summed E-state index contributed by atoms with van der Waals surface area (Å²) in [6.07, 6.45) is 0. The fourth-order valence-corrected chi connectivity index (χ4v) is 2.39. The van der Waals surface area contributed by atoms with Crippen LogP contribution in [0.2, 0.25) is 5.02 Å². The molecule has 0 spiro atoms. The van der Waals surface area contributed by atoms with Gasteiger partial charge in [-0.15, -0.1) is 0 Å². The standard InChI is InChI=1S/C10H14ClNO2S/c1-7-6-8(4-5-9(7)11)15(13,14)10(2,3)12/h4-6H,12H2,1-3H3. The molecular formula is C10H14ClNO2S. The van der Waals surface area contributed by atoms with E-state index in [9.17, 15) is 8.42 Å². The molecule has 2 N–H and O–H groups in total. The van der Waals surface area contributed by atoms with Crippen LogP contribution in [0.3, 0.4) is 0 Å². The molecule has 1 aromatic rings. The van der Waals surface area contributed by atoms with Gasteiger partial charge in [-0.05, 0) is 44.5 Å². The van der Waals surface area contributed by atoms with Crippen molar-refractivity contribution in [3.63, 3.8) is 0 Å². The molecule has 0 aliphatic carbocycles. The van der Waals surface area contributed by atoms with Crippen molar-refractivity contribution in [2.45, 2.75) is 30.5 Å². The van der Waals surface area contributed by atoms with Crippen LogP contribution in [0.1, 0.15) is 19.4 Å². The lowest BCUT2D eigenvalue weighted by Gasteiger charge is -2.19. The van der Waals surface area contributed by atoms with Gasteiger partial charge in [0, 0.05) is 5.02 Å². The van der Waals surface area contributed by atoms with E-state index in [4.69, 9.17) is 17.3 Å².